The number of allylic oxidation sites excluding steroid dienone is 2. The second-order valence-electron chi connectivity index (χ2n) is 27.6. The van der Waals surface area contributed by atoms with Crippen molar-refractivity contribution in [1.29, 1.82) is 0 Å². The van der Waals surface area contributed by atoms with Gasteiger partial charge in [0.05, 0.1) is 6.10 Å². The van der Waals surface area contributed by atoms with Crippen molar-refractivity contribution in [3.63, 3.8) is 0 Å². The fraction of sp³-hybridized carbons (Fsp3) is 0.758. The summed E-state index contributed by atoms with van der Waals surface area (Å²) in [7, 11) is 13.1. The van der Waals surface area contributed by atoms with E-state index in [0.29, 0.717) is 0 Å². The SMILES string of the molecule is C=C(OC(C)(C)C[C@H]1C(=O)N[C@@H](C(C)C)C(=O)N(C)[C@@H](CC(C)C)C(=O)N[C@@H](C)C(=O)N[C@H](C)C(=O)N(C)[C@@H](CC(C)C)C(=O)N(C)[C@@H](CC(C)C)C(=O)N(C)[C@@H](C(C)C)C(=O)N(C)C([C@H](O)[C@H](C)C/C=C/C)C(=O)N[C@@H](CC)C(=O)N(C)[CH]C(=O)N1C)N(C)C. The summed E-state index contributed by atoms with van der Waals surface area (Å²) in [5, 5.41) is 23.1. The Kier molecular flexibility index (Phi) is 32.9. The summed E-state index contributed by atoms with van der Waals surface area (Å²) in [6, 6.07) is -13.0. The number of likely N-dealkylation sites (N-methyl/N-ethyl adjacent to an activating group) is 7. The van der Waals surface area contributed by atoms with Crippen LogP contribution in [0.25, 0.3) is 0 Å². The third-order valence-electron chi connectivity index (χ3n) is 16.8. The van der Waals surface area contributed by atoms with Crippen LogP contribution in [-0.2, 0) is 57.5 Å². The quantitative estimate of drug-likeness (QED) is 0.0969. The summed E-state index contributed by atoms with van der Waals surface area (Å²) < 4.78 is 6.19. The Morgan fingerprint density at radius 1 is 0.571 bits per heavy atom. The summed E-state index contributed by atoms with van der Waals surface area (Å²) in [4.78, 5) is 172. The summed E-state index contributed by atoms with van der Waals surface area (Å²) in [6.07, 6.45) is 2.51. The zero-order valence-corrected chi connectivity index (χ0v) is 59.9. The molecule has 1 saturated heterocycles. The van der Waals surface area contributed by atoms with Crippen molar-refractivity contribution in [3.05, 3.63) is 31.2 Å². The number of rotatable bonds is 18. The van der Waals surface area contributed by atoms with Crippen molar-refractivity contribution in [2.45, 2.75) is 228 Å². The van der Waals surface area contributed by atoms with Crippen molar-refractivity contribution in [2.75, 3.05) is 63.4 Å². The van der Waals surface area contributed by atoms with Crippen LogP contribution in [0, 0.1) is 42.1 Å². The molecule has 1 aliphatic heterocycles. The lowest BCUT2D eigenvalue weighted by molar-refractivity contribution is -0.157. The summed E-state index contributed by atoms with van der Waals surface area (Å²) in [5.74, 6) is -10.2. The highest BCUT2D eigenvalue weighted by Gasteiger charge is 2.46. The van der Waals surface area contributed by atoms with E-state index in [0.717, 1.165) is 21.2 Å². The maximum atomic E-state index is 15.2. The van der Waals surface area contributed by atoms with E-state index in [1.54, 1.807) is 93.5 Å². The van der Waals surface area contributed by atoms with Crippen LogP contribution in [0.1, 0.15) is 156 Å². The molecule has 1 unspecified atom stereocenters. The molecule has 1 fully saturated rings. The second-order valence-corrected chi connectivity index (χ2v) is 27.6. The fourth-order valence-electron chi connectivity index (χ4n) is 11.0. The molecule has 0 spiro atoms. The van der Waals surface area contributed by atoms with E-state index in [1.165, 1.54) is 82.8 Å². The predicted molar refractivity (Wildman–Crippen MR) is 351 cm³/mol. The molecule has 0 aromatic carbocycles. The van der Waals surface area contributed by atoms with Crippen LogP contribution in [0.3, 0.4) is 0 Å². The van der Waals surface area contributed by atoms with Gasteiger partial charge < -0.3 is 70.3 Å². The summed E-state index contributed by atoms with van der Waals surface area (Å²) in [6.45, 7) is 34.2. The van der Waals surface area contributed by atoms with E-state index in [9.17, 15) is 43.5 Å². The average molecular weight is 1290 g/mol. The van der Waals surface area contributed by atoms with Gasteiger partial charge in [0, 0.05) is 69.8 Å². The Hall–Kier alpha value is -6.79. The van der Waals surface area contributed by atoms with E-state index >= 15 is 14.4 Å². The molecule has 0 aromatic heterocycles. The highest BCUT2D eigenvalue weighted by Crippen LogP contribution is 2.28. The first-order chi connectivity index (χ1) is 41.8. The van der Waals surface area contributed by atoms with Gasteiger partial charge in [0.2, 0.25) is 65.0 Å². The molecule has 1 aliphatic rings. The van der Waals surface area contributed by atoms with Crippen molar-refractivity contribution >= 4 is 65.0 Å². The van der Waals surface area contributed by atoms with Gasteiger partial charge >= 0.3 is 0 Å². The first-order valence-electron chi connectivity index (χ1n) is 32.1. The number of aliphatic hydroxyl groups is 1. The molecular formula is C66H117N12O13. The minimum atomic E-state index is -1.65. The lowest BCUT2D eigenvalue weighted by atomic mass is 9.91. The first-order valence-corrected chi connectivity index (χ1v) is 32.1. The van der Waals surface area contributed by atoms with Crippen molar-refractivity contribution in [3.8, 4) is 0 Å². The Morgan fingerprint density at radius 3 is 1.48 bits per heavy atom. The van der Waals surface area contributed by atoms with Gasteiger partial charge in [-0.25, -0.2) is 0 Å². The molecule has 0 bridgehead atoms. The van der Waals surface area contributed by atoms with Crippen molar-refractivity contribution < 1.29 is 62.6 Å². The van der Waals surface area contributed by atoms with E-state index in [1.807, 2.05) is 41.5 Å². The van der Waals surface area contributed by atoms with Gasteiger partial charge in [0.25, 0.3) is 0 Å². The molecule has 91 heavy (non-hydrogen) atoms. The third-order valence-corrected chi connectivity index (χ3v) is 16.8. The number of hydrogen-bond donors (Lipinski definition) is 5. The van der Waals surface area contributed by atoms with Crippen molar-refractivity contribution in [2.24, 2.45) is 35.5 Å². The molecule has 1 heterocycles. The molecule has 12 atom stereocenters. The van der Waals surface area contributed by atoms with Crippen LogP contribution in [-0.4, -0.2) is 245 Å². The minimum absolute atomic E-state index is 0.0309. The standard InChI is InChI=1S/C66H117N12O13/c1-28-30-31-42(13)55(80)54-59(84)69-46(29-2)61(86)72(21)36-51(79)73(22)50(35-66(17,18)91-45(16)71(19)20)58(83)70-52(40(9)10)64(89)74(23)47(32-37(3)4)57(82)67-43(14)56(81)68-44(15)60(85)75(24)48(33-38(5)6)62(87)76(25)49(34-39(7)8)63(88)77(26)53(41(11)12)65(90)78(54)27/h28,30,36-44,46-50,52-55,80H,16,29,31-35H2,1-15,17-27H3,(H,67,82)(H,68,81)(H,69,84)(H,70,83)/b30-28+/t42-,43+,44-,46+,47+,48+,49+,50+,52+,53+,54?,55-/m1/s1. The molecule has 519 valence electrons. The van der Waals surface area contributed by atoms with Crippen LogP contribution < -0.4 is 21.3 Å². The predicted octanol–water partition coefficient (Wildman–Crippen LogP) is 3.60. The lowest BCUT2D eigenvalue weighted by Crippen LogP contribution is -2.63. The van der Waals surface area contributed by atoms with Crippen LogP contribution in [0.15, 0.2) is 24.6 Å². The number of aliphatic hydroxyl groups excluding tert-OH is 1. The maximum absolute atomic E-state index is 15.2. The van der Waals surface area contributed by atoms with Gasteiger partial charge in [0.1, 0.15) is 72.6 Å². The van der Waals surface area contributed by atoms with Gasteiger partial charge in [-0.3, -0.25) is 52.7 Å². The van der Waals surface area contributed by atoms with Crippen molar-refractivity contribution in [1.82, 2.24) is 60.5 Å². The van der Waals surface area contributed by atoms with Crippen LogP contribution in [0.5, 0.6) is 0 Å². The average Bonchev–Trinajstić information content (AvgIpc) is 1.14. The Bertz CT molecular complexity index is 2550. The van der Waals surface area contributed by atoms with E-state index in [2.05, 4.69) is 27.8 Å². The molecular weight excluding hydrogens is 1170 g/mol. The Labute approximate surface area is 544 Å². The van der Waals surface area contributed by atoms with Gasteiger partial charge in [-0.1, -0.05) is 95.2 Å². The van der Waals surface area contributed by atoms with Gasteiger partial charge in [-0.05, 0) is 109 Å². The number of hydrogen-bond acceptors (Lipinski definition) is 14. The number of nitrogens with one attached hydrogen (secondary N) is 4. The minimum Gasteiger partial charge on any atom is -0.474 e. The fourth-order valence-corrected chi connectivity index (χ4v) is 11.0. The molecule has 1 radical (unpaired) electrons. The Balaban J connectivity index is 4.44. The molecule has 0 aliphatic carbocycles. The largest absolute Gasteiger partial charge is 0.474 e. The van der Waals surface area contributed by atoms with Gasteiger partial charge in [0.15, 0.2) is 5.88 Å². The second kappa shape index (κ2) is 36.5. The maximum Gasteiger partial charge on any atom is 0.248 e. The molecule has 0 aromatic rings. The van der Waals surface area contributed by atoms with Crippen LogP contribution in [0.4, 0.5) is 0 Å². The summed E-state index contributed by atoms with van der Waals surface area (Å²) >= 11 is 0. The molecule has 0 saturated carbocycles. The van der Waals surface area contributed by atoms with E-state index < -0.39 is 155 Å². The molecule has 11 amide bonds. The number of ether oxygens (including phenoxy) is 1. The number of carbonyl (C=O) groups is 11. The van der Waals surface area contributed by atoms with E-state index in [-0.39, 0.29) is 62.2 Å². The monoisotopic (exact) mass is 1290 g/mol. The highest BCUT2D eigenvalue weighted by atomic mass is 16.5. The zero-order valence-electron chi connectivity index (χ0n) is 59.9. The molecule has 25 nitrogen and oxygen atoms in total. The van der Waals surface area contributed by atoms with Crippen LogP contribution >= 0.6 is 0 Å². The van der Waals surface area contributed by atoms with E-state index in [4.69, 9.17) is 4.74 Å². The van der Waals surface area contributed by atoms with Gasteiger partial charge in [-0.15, -0.1) is 0 Å². The Morgan fingerprint density at radius 2 is 1.02 bits per heavy atom. The summed E-state index contributed by atoms with van der Waals surface area (Å²) in [5.41, 5.74) is -1.20. The first kappa shape index (κ1) is 82.2. The number of nitrogens with zero attached hydrogens (tertiary/aromatic N) is 8. The normalized spacial score (nSPS) is 25.9. The van der Waals surface area contributed by atoms with Gasteiger partial charge in [-0.2, -0.15) is 0 Å². The highest BCUT2D eigenvalue weighted by molar-refractivity contribution is 6.00. The topological polar surface area (TPSA) is 291 Å². The molecule has 1 rings (SSSR count). The molecule has 25 heteroatoms. The third kappa shape index (κ3) is 23.4. The zero-order chi connectivity index (χ0) is 70.8. The number of amides is 11. The molecule has 5 N–H and O–H groups in total. The lowest BCUT2D eigenvalue weighted by Gasteiger charge is -2.41. The number of carbonyl (C=O) groups excluding carboxylic acids is 11. The smallest absolute Gasteiger partial charge is 0.248 e. The van der Waals surface area contributed by atoms with Crippen LogP contribution in [0.2, 0.25) is 0 Å².